The number of aromatic nitrogens is 1. The van der Waals surface area contributed by atoms with Gasteiger partial charge < -0.3 is 4.57 Å². The highest BCUT2D eigenvalue weighted by Gasteiger charge is 2.08. The van der Waals surface area contributed by atoms with Crippen LogP contribution in [0.5, 0.6) is 0 Å². The maximum absolute atomic E-state index is 2.33. The molecule has 1 aliphatic rings. The second-order valence-electron chi connectivity index (χ2n) is 4.31. The van der Waals surface area contributed by atoms with E-state index >= 15 is 0 Å². The largest absolute Gasteiger partial charge is 0.349 e. The van der Waals surface area contributed by atoms with Gasteiger partial charge in [-0.1, -0.05) is 48.2 Å². The van der Waals surface area contributed by atoms with E-state index in [-0.39, 0.29) is 0 Å². The highest BCUT2D eigenvalue weighted by molar-refractivity contribution is 8.03. The van der Waals surface area contributed by atoms with Crippen LogP contribution in [-0.4, -0.2) is 4.57 Å². The fraction of sp³-hybridized carbons (Fsp3) is 0.200. The lowest BCUT2D eigenvalue weighted by Crippen LogP contribution is -1.81. The van der Waals surface area contributed by atoms with Crippen LogP contribution in [0.2, 0.25) is 0 Å². The molecule has 0 radical (unpaired) electrons. The first-order valence-electron chi connectivity index (χ1n) is 5.93. The number of aryl methyl sites for hydroxylation is 1. The van der Waals surface area contributed by atoms with Gasteiger partial charge in [0.15, 0.2) is 0 Å². The second-order valence-corrected chi connectivity index (χ2v) is 5.43. The first-order valence-corrected chi connectivity index (χ1v) is 6.75. The molecule has 0 fully saturated rings. The van der Waals surface area contributed by atoms with Crippen molar-refractivity contribution in [2.45, 2.75) is 17.7 Å². The molecule has 1 aliphatic carbocycles. The summed E-state index contributed by atoms with van der Waals surface area (Å²) in [5.74, 6) is 0. The number of fused-ring (bicyclic) bond motifs is 1. The summed E-state index contributed by atoms with van der Waals surface area (Å²) < 4.78 is 2.20. The van der Waals surface area contributed by atoms with E-state index in [2.05, 4.69) is 60.3 Å². The number of nitrogens with zero attached hydrogens (tertiary/aromatic N) is 1. The van der Waals surface area contributed by atoms with Crippen LogP contribution in [0.1, 0.15) is 12.8 Å². The SMILES string of the molecule is Cn1cc(SC2=CCCC=C2)c2ccccc21. The molecule has 2 aromatic rings. The van der Waals surface area contributed by atoms with Crippen molar-refractivity contribution in [3.8, 4) is 0 Å². The van der Waals surface area contributed by atoms with Gasteiger partial charge in [0.25, 0.3) is 0 Å². The van der Waals surface area contributed by atoms with Gasteiger partial charge in [0.2, 0.25) is 0 Å². The van der Waals surface area contributed by atoms with Gasteiger partial charge in [-0.3, -0.25) is 0 Å². The maximum Gasteiger partial charge on any atom is 0.0489 e. The number of hydrogen-bond acceptors (Lipinski definition) is 1. The number of rotatable bonds is 2. The van der Waals surface area contributed by atoms with Crippen LogP contribution in [0.3, 0.4) is 0 Å². The molecule has 0 spiro atoms. The number of thioether (sulfide) groups is 1. The minimum Gasteiger partial charge on any atom is -0.349 e. The van der Waals surface area contributed by atoms with Crippen molar-refractivity contribution in [1.82, 2.24) is 4.57 Å². The van der Waals surface area contributed by atoms with Crippen LogP contribution in [0.4, 0.5) is 0 Å². The molecule has 1 heterocycles. The molecular weight excluding hydrogens is 226 g/mol. The zero-order valence-electron chi connectivity index (χ0n) is 9.89. The Morgan fingerprint density at radius 2 is 2.06 bits per heavy atom. The van der Waals surface area contributed by atoms with E-state index in [1.165, 1.54) is 33.5 Å². The summed E-state index contributed by atoms with van der Waals surface area (Å²) in [6.45, 7) is 0. The molecule has 0 N–H and O–H groups in total. The fourth-order valence-electron chi connectivity index (χ4n) is 2.18. The predicted octanol–water partition coefficient (Wildman–Crippen LogP) is 4.50. The molecular formula is C15H15NS. The van der Waals surface area contributed by atoms with Crippen molar-refractivity contribution in [1.29, 1.82) is 0 Å². The average molecular weight is 241 g/mol. The third-order valence-corrected chi connectivity index (χ3v) is 4.13. The second kappa shape index (κ2) is 4.46. The minimum absolute atomic E-state index is 1.17. The van der Waals surface area contributed by atoms with Crippen LogP contribution in [0.25, 0.3) is 10.9 Å². The van der Waals surface area contributed by atoms with E-state index in [0.29, 0.717) is 0 Å². The van der Waals surface area contributed by atoms with Crippen LogP contribution < -0.4 is 0 Å². The molecule has 0 amide bonds. The van der Waals surface area contributed by atoms with E-state index in [1.54, 1.807) is 0 Å². The van der Waals surface area contributed by atoms with E-state index in [0.717, 1.165) is 0 Å². The minimum atomic E-state index is 1.17. The van der Waals surface area contributed by atoms with Gasteiger partial charge in [-0.25, -0.2) is 0 Å². The Bertz CT molecular complexity index is 604. The first kappa shape index (κ1) is 10.7. The predicted molar refractivity (Wildman–Crippen MR) is 75.2 cm³/mol. The Kier molecular flexibility index (Phi) is 2.81. The van der Waals surface area contributed by atoms with Crippen LogP contribution in [-0.2, 0) is 7.05 Å². The van der Waals surface area contributed by atoms with Gasteiger partial charge in [0.05, 0.1) is 0 Å². The smallest absolute Gasteiger partial charge is 0.0489 e. The summed E-state index contributed by atoms with van der Waals surface area (Å²) in [7, 11) is 2.11. The van der Waals surface area contributed by atoms with Crippen LogP contribution >= 0.6 is 11.8 Å². The lowest BCUT2D eigenvalue weighted by molar-refractivity contribution is 0.958. The summed E-state index contributed by atoms with van der Waals surface area (Å²) in [5.41, 5.74) is 1.30. The Labute approximate surface area is 106 Å². The number of hydrogen-bond donors (Lipinski definition) is 0. The summed E-state index contributed by atoms with van der Waals surface area (Å²) in [6, 6.07) is 8.57. The van der Waals surface area contributed by atoms with Gasteiger partial charge in [-0.05, 0) is 18.9 Å². The molecule has 0 bridgehead atoms. The molecule has 1 aromatic carbocycles. The van der Waals surface area contributed by atoms with Gasteiger partial charge in [-0.2, -0.15) is 0 Å². The molecule has 86 valence electrons. The number of allylic oxidation sites excluding steroid dienone is 3. The van der Waals surface area contributed by atoms with Crippen LogP contribution in [0.15, 0.2) is 58.5 Å². The highest BCUT2D eigenvalue weighted by atomic mass is 32.2. The highest BCUT2D eigenvalue weighted by Crippen LogP contribution is 2.35. The van der Waals surface area contributed by atoms with Crippen molar-refractivity contribution in [2.75, 3.05) is 0 Å². The average Bonchev–Trinajstić information content (AvgIpc) is 2.69. The Morgan fingerprint density at radius 1 is 1.18 bits per heavy atom. The molecule has 0 saturated carbocycles. The molecule has 0 saturated heterocycles. The topological polar surface area (TPSA) is 4.93 Å². The van der Waals surface area contributed by atoms with Crippen molar-refractivity contribution >= 4 is 22.7 Å². The summed E-state index contributed by atoms with van der Waals surface area (Å²) in [6.07, 6.45) is 11.4. The monoisotopic (exact) mass is 241 g/mol. The van der Waals surface area contributed by atoms with Gasteiger partial charge in [-0.15, -0.1) is 0 Å². The van der Waals surface area contributed by atoms with Crippen molar-refractivity contribution in [3.05, 3.63) is 53.6 Å². The summed E-state index contributed by atoms with van der Waals surface area (Å²) >= 11 is 1.87. The molecule has 2 heteroatoms. The zero-order chi connectivity index (χ0) is 11.7. The van der Waals surface area contributed by atoms with Gasteiger partial charge in [0, 0.05) is 33.9 Å². The lowest BCUT2D eigenvalue weighted by atomic mass is 10.2. The zero-order valence-corrected chi connectivity index (χ0v) is 10.7. The number of benzene rings is 1. The molecule has 3 rings (SSSR count). The third kappa shape index (κ3) is 2.05. The van der Waals surface area contributed by atoms with Crippen molar-refractivity contribution < 1.29 is 0 Å². The van der Waals surface area contributed by atoms with Crippen LogP contribution in [0, 0.1) is 0 Å². The molecule has 17 heavy (non-hydrogen) atoms. The van der Waals surface area contributed by atoms with Crippen molar-refractivity contribution in [3.63, 3.8) is 0 Å². The van der Waals surface area contributed by atoms with E-state index in [4.69, 9.17) is 0 Å². The van der Waals surface area contributed by atoms with E-state index in [1.807, 2.05) is 11.8 Å². The molecule has 0 unspecified atom stereocenters. The third-order valence-electron chi connectivity index (χ3n) is 3.05. The van der Waals surface area contributed by atoms with Gasteiger partial charge in [0.1, 0.15) is 0 Å². The van der Waals surface area contributed by atoms with E-state index in [9.17, 15) is 0 Å². The standard InChI is InChI=1S/C15H15NS/c1-16-11-15(13-9-5-6-10-14(13)16)17-12-7-3-2-4-8-12/h3,5-11H,2,4H2,1H3. The molecule has 0 aliphatic heterocycles. The Hall–Kier alpha value is -1.41. The fourth-order valence-corrected chi connectivity index (χ4v) is 3.29. The molecule has 0 atom stereocenters. The van der Waals surface area contributed by atoms with E-state index < -0.39 is 0 Å². The molecule has 1 nitrogen and oxygen atoms in total. The summed E-state index contributed by atoms with van der Waals surface area (Å²) in [4.78, 5) is 2.72. The summed E-state index contributed by atoms with van der Waals surface area (Å²) in [5, 5.41) is 1.35. The Morgan fingerprint density at radius 3 is 2.88 bits per heavy atom. The van der Waals surface area contributed by atoms with Crippen molar-refractivity contribution in [2.24, 2.45) is 7.05 Å². The Balaban J connectivity index is 2.00. The first-order chi connectivity index (χ1) is 8.34. The maximum atomic E-state index is 2.33. The number of para-hydroxylation sites is 1. The van der Waals surface area contributed by atoms with Gasteiger partial charge >= 0.3 is 0 Å². The quantitative estimate of drug-likeness (QED) is 0.749. The normalized spacial score (nSPS) is 15.2. The molecule has 1 aromatic heterocycles. The lowest BCUT2D eigenvalue weighted by Gasteiger charge is -2.05.